The molecule has 1 nitrogen and oxygen atoms in total. The molecule has 1 saturated carbocycles. The maximum absolute atomic E-state index is 13.0. The molecule has 0 spiro atoms. The van der Waals surface area contributed by atoms with Gasteiger partial charge in [0.05, 0.1) is 0 Å². The largest absolute Gasteiger partial charge is 0.314 e. The second-order valence-electron chi connectivity index (χ2n) is 4.96. The summed E-state index contributed by atoms with van der Waals surface area (Å²) in [5, 5.41) is 3.51. The Hall–Kier alpha value is -0.890. The van der Waals surface area contributed by atoms with E-state index >= 15 is 0 Å². The first kappa shape index (κ1) is 11.6. The van der Waals surface area contributed by atoms with Crippen LogP contribution >= 0.6 is 0 Å². The minimum atomic E-state index is -0.124. The highest BCUT2D eigenvalue weighted by molar-refractivity contribution is 5.16. The molecule has 0 saturated heterocycles. The molecule has 0 heterocycles. The fraction of sp³-hybridized carbons (Fsp3) is 0.571. The lowest BCUT2D eigenvalue weighted by Gasteiger charge is -2.11. The lowest BCUT2D eigenvalue weighted by atomic mass is 9.98. The summed E-state index contributed by atoms with van der Waals surface area (Å²) in [5.41, 5.74) is 1.11. The van der Waals surface area contributed by atoms with Crippen LogP contribution in [0.15, 0.2) is 24.3 Å². The maximum Gasteiger partial charge on any atom is 0.123 e. The average Bonchev–Trinajstić information content (AvgIpc) is 3.01. The molecule has 0 bridgehead atoms. The fourth-order valence-electron chi connectivity index (χ4n) is 1.99. The quantitative estimate of drug-likeness (QED) is 0.778. The van der Waals surface area contributed by atoms with Crippen molar-refractivity contribution in [2.24, 2.45) is 5.92 Å². The SMILES string of the molecule is CC(CCNC1CC1)Cc1cccc(F)c1. The molecule has 1 aliphatic rings. The van der Waals surface area contributed by atoms with Crippen molar-refractivity contribution in [1.29, 1.82) is 0 Å². The molecule has 0 amide bonds. The van der Waals surface area contributed by atoms with Crippen LogP contribution in [0.25, 0.3) is 0 Å². The van der Waals surface area contributed by atoms with Crippen LogP contribution < -0.4 is 5.32 Å². The van der Waals surface area contributed by atoms with E-state index in [9.17, 15) is 4.39 Å². The zero-order valence-electron chi connectivity index (χ0n) is 9.88. The van der Waals surface area contributed by atoms with E-state index in [1.54, 1.807) is 12.1 Å². The monoisotopic (exact) mass is 221 g/mol. The summed E-state index contributed by atoms with van der Waals surface area (Å²) >= 11 is 0. The lowest BCUT2D eigenvalue weighted by molar-refractivity contribution is 0.496. The predicted molar refractivity (Wildman–Crippen MR) is 64.9 cm³/mol. The summed E-state index contributed by atoms with van der Waals surface area (Å²) in [4.78, 5) is 0. The van der Waals surface area contributed by atoms with Gasteiger partial charge in [0.1, 0.15) is 5.82 Å². The van der Waals surface area contributed by atoms with E-state index in [-0.39, 0.29) is 5.82 Å². The molecule has 1 aromatic rings. The van der Waals surface area contributed by atoms with Gasteiger partial charge in [-0.15, -0.1) is 0 Å². The highest BCUT2D eigenvalue weighted by Gasteiger charge is 2.19. The summed E-state index contributed by atoms with van der Waals surface area (Å²) in [6.45, 7) is 3.33. The van der Waals surface area contributed by atoms with Crippen molar-refractivity contribution in [3.8, 4) is 0 Å². The highest BCUT2D eigenvalue weighted by Crippen LogP contribution is 2.19. The van der Waals surface area contributed by atoms with Crippen LogP contribution in [0.3, 0.4) is 0 Å². The van der Waals surface area contributed by atoms with Gasteiger partial charge in [0.15, 0.2) is 0 Å². The van der Waals surface area contributed by atoms with E-state index in [2.05, 4.69) is 12.2 Å². The van der Waals surface area contributed by atoms with Gasteiger partial charge in [0, 0.05) is 6.04 Å². The average molecular weight is 221 g/mol. The van der Waals surface area contributed by atoms with Gasteiger partial charge in [0.2, 0.25) is 0 Å². The van der Waals surface area contributed by atoms with Crippen LogP contribution in [-0.4, -0.2) is 12.6 Å². The number of hydrogen-bond donors (Lipinski definition) is 1. The Kier molecular flexibility index (Phi) is 3.94. The summed E-state index contributed by atoms with van der Waals surface area (Å²) in [7, 11) is 0. The zero-order chi connectivity index (χ0) is 11.4. The van der Waals surface area contributed by atoms with Crippen molar-refractivity contribution < 1.29 is 4.39 Å². The minimum Gasteiger partial charge on any atom is -0.314 e. The molecule has 0 radical (unpaired) electrons. The molecule has 0 aromatic heterocycles. The first-order valence-corrected chi connectivity index (χ1v) is 6.22. The van der Waals surface area contributed by atoms with Gasteiger partial charge in [-0.2, -0.15) is 0 Å². The van der Waals surface area contributed by atoms with Crippen LogP contribution in [0.5, 0.6) is 0 Å². The van der Waals surface area contributed by atoms with Gasteiger partial charge < -0.3 is 5.32 Å². The van der Waals surface area contributed by atoms with E-state index in [1.807, 2.05) is 6.07 Å². The molecule has 1 fully saturated rings. The Morgan fingerprint density at radius 1 is 1.44 bits per heavy atom. The number of benzene rings is 1. The molecule has 1 aromatic carbocycles. The van der Waals surface area contributed by atoms with Crippen LogP contribution in [-0.2, 0) is 6.42 Å². The molecule has 1 N–H and O–H groups in total. The third-order valence-corrected chi connectivity index (χ3v) is 3.12. The minimum absolute atomic E-state index is 0.124. The third kappa shape index (κ3) is 3.93. The smallest absolute Gasteiger partial charge is 0.123 e. The first-order valence-electron chi connectivity index (χ1n) is 6.22. The van der Waals surface area contributed by atoms with Gasteiger partial charge in [-0.1, -0.05) is 19.1 Å². The lowest BCUT2D eigenvalue weighted by Crippen LogP contribution is -2.20. The standard InChI is InChI=1S/C14H20FN/c1-11(7-8-16-14-5-6-14)9-12-3-2-4-13(15)10-12/h2-4,10-11,14,16H,5-9H2,1H3. The molecule has 1 unspecified atom stereocenters. The number of nitrogens with one attached hydrogen (secondary N) is 1. The van der Waals surface area contributed by atoms with Gasteiger partial charge in [-0.3, -0.25) is 0 Å². The number of rotatable bonds is 6. The fourth-order valence-corrected chi connectivity index (χ4v) is 1.99. The number of halogens is 1. The van der Waals surface area contributed by atoms with E-state index in [1.165, 1.54) is 25.3 Å². The molecular formula is C14H20FN. The molecule has 16 heavy (non-hydrogen) atoms. The normalized spacial score (nSPS) is 17.4. The Labute approximate surface area is 97.1 Å². The maximum atomic E-state index is 13.0. The van der Waals surface area contributed by atoms with Crippen molar-refractivity contribution in [1.82, 2.24) is 5.32 Å². The summed E-state index contributed by atoms with van der Waals surface area (Å²) < 4.78 is 13.0. The Balaban J connectivity index is 1.70. The highest BCUT2D eigenvalue weighted by atomic mass is 19.1. The summed E-state index contributed by atoms with van der Waals surface area (Å²) in [5.74, 6) is 0.494. The zero-order valence-corrected chi connectivity index (χ0v) is 9.88. The van der Waals surface area contributed by atoms with Crippen molar-refractivity contribution in [2.45, 2.75) is 38.6 Å². The van der Waals surface area contributed by atoms with Crippen LogP contribution in [0.1, 0.15) is 31.7 Å². The summed E-state index contributed by atoms with van der Waals surface area (Å²) in [6, 6.07) is 7.74. The third-order valence-electron chi connectivity index (χ3n) is 3.12. The van der Waals surface area contributed by atoms with E-state index in [0.29, 0.717) is 5.92 Å². The van der Waals surface area contributed by atoms with Crippen molar-refractivity contribution in [3.05, 3.63) is 35.6 Å². The van der Waals surface area contributed by atoms with Gasteiger partial charge in [-0.05, 0) is 55.8 Å². The van der Waals surface area contributed by atoms with Crippen molar-refractivity contribution in [3.63, 3.8) is 0 Å². The van der Waals surface area contributed by atoms with E-state index < -0.39 is 0 Å². The first-order chi connectivity index (χ1) is 7.74. The Bertz CT molecular complexity index is 333. The Morgan fingerprint density at radius 2 is 2.25 bits per heavy atom. The molecular weight excluding hydrogens is 201 g/mol. The van der Waals surface area contributed by atoms with Crippen LogP contribution in [0.4, 0.5) is 4.39 Å². The van der Waals surface area contributed by atoms with Crippen molar-refractivity contribution in [2.75, 3.05) is 6.54 Å². The van der Waals surface area contributed by atoms with Gasteiger partial charge in [-0.25, -0.2) is 4.39 Å². The second kappa shape index (κ2) is 5.44. The van der Waals surface area contributed by atoms with E-state index in [0.717, 1.165) is 24.6 Å². The van der Waals surface area contributed by atoms with E-state index in [4.69, 9.17) is 0 Å². The molecule has 2 heteroatoms. The van der Waals surface area contributed by atoms with Gasteiger partial charge in [0.25, 0.3) is 0 Å². The van der Waals surface area contributed by atoms with Crippen LogP contribution in [0.2, 0.25) is 0 Å². The molecule has 1 aliphatic carbocycles. The van der Waals surface area contributed by atoms with Crippen LogP contribution in [0, 0.1) is 11.7 Å². The Morgan fingerprint density at radius 3 is 2.94 bits per heavy atom. The molecule has 2 rings (SSSR count). The topological polar surface area (TPSA) is 12.0 Å². The second-order valence-corrected chi connectivity index (χ2v) is 4.96. The number of hydrogen-bond acceptors (Lipinski definition) is 1. The molecule has 88 valence electrons. The van der Waals surface area contributed by atoms with Crippen molar-refractivity contribution >= 4 is 0 Å². The molecule has 1 atom stereocenters. The van der Waals surface area contributed by atoms with Gasteiger partial charge >= 0.3 is 0 Å². The predicted octanol–water partition coefficient (Wildman–Crippen LogP) is 3.15. The molecule has 0 aliphatic heterocycles. The summed E-state index contributed by atoms with van der Waals surface area (Å²) in [6.07, 6.45) is 4.84.